The van der Waals surface area contributed by atoms with Crippen LogP contribution in [0.3, 0.4) is 0 Å². The largest absolute Gasteiger partial charge is 0.337 e. The zero-order chi connectivity index (χ0) is 9.42. The van der Waals surface area contributed by atoms with E-state index < -0.39 is 0 Å². The van der Waals surface area contributed by atoms with Crippen molar-refractivity contribution in [1.82, 2.24) is 15.0 Å². The molecule has 0 spiro atoms. The number of fused-ring (bicyclic) bond motifs is 1. The predicted octanol–water partition coefficient (Wildman–Crippen LogP) is 0.454. The fourth-order valence-corrected chi connectivity index (χ4v) is 1.14. The number of nitrogens with one attached hydrogen (secondary N) is 2. The lowest BCUT2D eigenvalue weighted by Crippen LogP contribution is -2.04. The van der Waals surface area contributed by atoms with Gasteiger partial charge in [0.15, 0.2) is 5.78 Å². The zero-order valence-corrected chi connectivity index (χ0v) is 6.92. The Labute approximate surface area is 72.8 Å². The molecule has 0 saturated heterocycles. The molecule has 0 aliphatic carbocycles. The predicted molar refractivity (Wildman–Crippen MR) is 46.7 cm³/mol. The molecule has 0 aliphatic rings. The quantitative estimate of drug-likeness (QED) is 0.621. The van der Waals surface area contributed by atoms with Crippen molar-refractivity contribution >= 4 is 16.8 Å². The Kier molecular flexibility index (Phi) is 1.51. The van der Waals surface area contributed by atoms with Crippen LogP contribution in [0.15, 0.2) is 17.2 Å². The Morgan fingerprint density at radius 2 is 2.31 bits per heavy atom. The number of H-pyrrole nitrogens is 2. The van der Waals surface area contributed by atoms with Crippen molar-refractivity contribution < 1.29 is 4.79 Å². The number of aromatic nitrogens is 3. The van der Waals surface area contributed by atoms with Crippen LogP contribution in [0.4, 0.5) is 0 Å². The van der Waals surface area contributed by atoms with Crippen molar-refractivity contribution in [2.45, 2.75) is 6.92 Å². The van der Waals surface area contributed by atoms with Crippen LogP contribution in [-0.4, -0.2) is 20.7 Å². The summed E-state index contributed by atoms with van der Waals surface area (Å²) >= 11 is 0. The lowest BCUT2D eigenvalue weighted by Gasteiger charge is -1.84. The molecule has 0 radical (unpaired) electrons. The summed E-state index contributed by atoms with van der Waals surface area (Å²) in [6, 6.07) is 1.50. The molecule has 2 heterocycles. The van der Waals surface area contributed by atoms with Gasteiger partial charge in [0.2, 0.25) is 0 Å². The third-order valence-electron chi connectivity index (χ3n) is 1.81. The minimum Gasteiger partial charge on any atom is -0.337 e. The minimum absolute atomic E-state index is 0.114. The summed E-state index contributed by atoms with van der Waals surface area (Å²) in [4.78, 5) is 31.2. The maximum atomic E-state index is 11.2. The molecule has 66 valence electrons. The van der Waals surface area contributed by atoms with E-state index in [4.69, 9.17) is 0 Å². The Hall–Kier alpha value is -1.91. The van der Waals surface area contributed by atoms with Crippen LogP contribution in [0.25, 0.3) is 11.0 Å². The SMILES string of the molecule is CC(=O)c1cc2c(=O)[nH]cnc2[nH]1. The molecule has 0 aliphatic heterocycles. The molecule has 2 rings (SSSR count). The smallest absolute Gasteiger partial charge is 0.260 e. The number of rotatable bonds is 1. The van der Waals surface area contributed by atoms with Gasteiger partial charge in [0.05, 0.1) is 17.4 Å². The molecular weight excluding hydrogens is 170 g/mol. The molecule has 2 N–H and O–H groups in total. The molecule has 2 aromatic heterocycles. The van der Waals surface area contributed by atoms with E-state index in [0.717, 1.165) is 0 Å². The Bertz CT molecular complexity index is 523. The highest BCUT2D eigenvalue weighted by atomic mass is 16.1. The molecule has 13 heavy (non-hydrogen) atoms. The van der Waals surface area contributed by atoms with Crippen LogP contribution in [-0.2, 0) is 0 Å². The molecule has 2 aromatic rings. The van der Waals surface area contributed by atoms with Gasteiger partial charge in [0.1, 0.15) is 5.65 Å². The van der Waals surface area contributed by atoms with Gasteiger partial charge in [-0.2, -0.15) is 0 Å². The summed E-state index contributed by atoms with van der Waals surface area (Å²) in [5, 5.41) is 0.410. The van der Waals surface area contributed by atoms with Crippen molar-refractivity contribution in [3.63, 3.8) is 0 Å². The van der Waals surface area contributed by atoms with Crippen molar-refractivity contribution in [2.24, 2.45) is 0 Å². The maximum Gasteiger partial charge on any atom is 0.260 e. The maximum absolute atomic E-state index is 11.2. The van der Waals surface area contributed by atoms with Crippen molar-refractivity contribution in [2.75, 3.05) is 0 Å². The second-order valence-electron chi connectivity index (χ2n) is 2.73. The number of ketones is 1. The molecule has 5 nitrogen and oxygen atoms in total. The lowest BCUT2D eigenvalue weighted by atomic mass is 10.3. The standard InChI is InChI=1S/C8H7N3O2/c1-4(12)6-2-5-7(11-6)9-3-10-8(5)13/h2-3H,1H3,(H2,9,10,11,13). The average molecular weight is 177 g/mol. The van der Waals surface area contributed by atoms with Gasteiger partial charge >= 0.3 is 0 Å². The molecule has 0 saturated carbocycles. The summed E-state index contributed by atoms with van der Waals surface area (Å²) in [5.74, 6) is -0.114. The van der Waals surface area contributed by atoms with E-state index in [1.54, 1.807) is 0 Å². The van der Waals surface area contributed by atoms with Gasteiger partial charge in [-0.25, -0.2) is 4.98 Å². The first-order valence-electron chi connectivity index (χ1n) is 3.76. The van der Waals surface area contributed by atoms with Gasteiger partial charge in [0.25, 0.3) is 5.56 Å². The van der Waals surface area contributed by atoms with Crippen LogP contribution < -0.4 is 5.56 Å². The van der Waals surface area contributed by atoms with Gasteiger partial charge in [0, 0.05) is 6.92 Å². The number of aromatic amines is 2. The third-order valence-corrected chi connectivity index (χ3v) is 1.81. The number of Topliss-reactive ketones (excluding diaryl/α,β-unsaturated/α-hetero) is 1. The fraction of sp³-hybridized carbons (Fsp3) is 0.125. The molecule has 0 atom stereocenters. The Morgan fingerprint density at radius 3 is 2.92 bits per heavy atom. The van der Waals surface area contributed by atoms with Crippen molar-refractivity contribution in [1.29, 1.82) is 0 Å². The van der Waals surface area contributed by atoms with Crippen LogP contribution >= 0.6 is 0 Å². The van der Waals surface area contributed by atoms with E-state index in [1.807, 2.05) is 0 Å². The molecule has 5 heteroatoms. The van der Waals surface area contributed by atoms with Gasteiger partial charge in [-0.05, 0) is 6.07 Å². The summed E-state index contributed by atoms with van der Waals surface area (Å²) in [5.41, 5.74) is 0.599. The van der Waals surface area contributed by atoms with Crippen molar-refractivity contribution in [3.05, 3.63) is 28.4 Å². The summed E-state index contributed by atoms with van der Waals surface area (Å²) in [6.45, 7) is 1.43. The van der Waals surface area contributed by atoms with E-state index in [0.29, 0.717) is 16.7 Å². The zero-order valence-electron chi connectivity index (χ0n) is 6.92. The highest BCUT2D eigenvalue weighted by Crippen LogP contribution is 2.07. The monoisotopic (exact) mass is 177 g/mol. The van der Waals surface area contributed by atoms with Crippen molar-refractivity contribution in [3.8, 4) is 0 Å². The van der Waals surface area contributed by atoms with Crippen LogP contribution in [0.2, 0.25) is 0 Å². The second kappa shape index (κ2) is 2.55. The van der Waals surface area contributed by atoms with E-state index >= 15 is 0 Å². The first-order valence-corrected chi connectivity index (χ1v) is 3.76. The number of carbonyl (C=O) groups is 1. The molecule has 0 bridgehead atoms. The number of hydrogen-bond acceptors (Lipinski definition) is 3. The van der Waals surface area contributed by atoms with Crippen LogP contribution in [0.1, 0.15) is 17.4 Å². The highest BCUT2D eigenvalue weighted by Gasteiger charge is 2.07. The second-order valence-corrected chi connectivity index (χ2v) is 2.73. The molecular formula is C8H7N3O2. The molecule has 0 amide bonds. The van der Waals surface area contributed by atoms with Crippen LogP contribution in [0.5, 0.6) is 0 Å². The number of nitrogens with zero attached hydrogens (tertiary/aromatic N) is 1. The number of hydrogen-bond donors (Lipinski definition) is 2. The van der Waals surface area contributed by atoms with E-state index in [2.05, 4.69) is 15.0 Å². The van der Waals surface area contributed by atoms with Gasteiger partial charge < -0.3 is 9.97 Å². The normalized spacial score (nSPS) is 10.5. The van der Waals surface area contributed by atoms with Gasteiger partial charge in [-0.15, -0.1) is 0 Å². The average Bonchev–Trinajstić information content (AvgIpc) is 2.49. The summed E-state index contributed by atoms with van der Waals surface area (Å²) in [6.07, 6.45) is 1.30. The molecule has 0 aromatic carbocycles. The third kappa shape index (κ3) is 1.14. The lowest BCUT2D eigenvalue weighted by molar-refractivity contribution is 0.101. The topological polar surface area (TPSA) is 78.6 Å². The molecule has 0 fully saturated rings. The summed E-state index contributed by atoms with van der Waals surface area (Å²) < 4.78 is 0. The minimum atomic E-state index is -0.242. The number of carbonyl (C=O) groups excluding carboxylic acids is 1. The fourth-order valence-electron chi connectivity index (χ4n) is 1.14. The Balaban J connectivity index is 2.83. The summed E-state index contributed by atoms with van der Waals surface area (Å²) in [7, 11) is 0. The van der Waals surface area contributed by atoms with E-state index in [9.17, 15) is 9.59 Å². The van der Waals surface area contributed by atoms with E-state index in [-0.39, 0.29) is 11.3 Å². The first-order chi connectivity index (χ1) is 6.18. The van der Waals surface area contributed by atoms with Gasteiger partial charge in [-0.1, -0.05) is 0 Å². The first kappa shape index (κ1) is 7.72. The Morgan fingerprint density at radius 1 is 1.54 bits per heavy atom. The van der Waals surface area contributed by atoms with Gasteiger partial charge in [-0.3, -0.25) is 9.59 Å². The van der Waals surface area contributed by atoms with Crippen LogP contribution in [0, 0.1) is 0 Å². The molecule has 0 unspecified atom stereocenters. The highest BCUT2D eigenvalue weighted by molar-refractivity contribution is 5.96. The van der Waals surface area contributed by atoms with E-state index in [1.165, 1.54) is 19.3 Å².